The highest BCUT2D eigenvalue weighted by Gasteiger charge is 2.18. The molecule has 0 radical (unpaired) electrons. The van der Waals surface area contributed by atoms with Crippen molar-refractivity contribution in [2.24, 2.45) is 5.41 Å². The first-order valence-electron chi connectivity index (χ1n) is 4.76. The monoisotopic (exact) mass is 200 g/mol. The van der Waals surface area contributed by atoms with Crippen molar-refractivity contribution in [3.8, 4) is 6.07 Å². The minimum absolute atomic E-state index is 0.245. The second-order valence-electron chi connectivity index (χ2n) is 4.10. The van der Waals surface area contributed by atoms with Crippen LogP contribution in [-0.4, -0.2) is 30.3 Å². The van der Waals surface area contributed by atoms with E-state index in [1.54, 1.807) is 0 Å². The van der Waals surface area contributed by atoms with Crippen LogP contribution in [0.2, 0.25) is 0 Å². The van der Waals surface area contributed by atoms with E-state index in [0.717, 1.165) is 25.4 Å². The SMILES string of the molecule is CCN(CCC#N)CC(C)(C)CS. The molecule has 0 heterocycles. The van der Waals surface area contributed by atoms with E-state index in [9.17, 15) is 0 Å². The molecule has 0 unspecified atom stereocenters. The minimum Gasteiger partial charge on any atom is -0.302 e. The Morgan fingerprint density at radius 3 is 2.46 bits per heavy atom. The molecular formula is C10H20N2S. The lowest BCUT2D eigenvalue weighted by Crippen LogP contribution is -2.35. The Bertz CT molecular complexity index is 172. The molecule has 0 aliphatic carbocycles. The summed E-state index contributed by atoms with van der Waals surface area (Å²) >= 11 is 4.31. The molecule has 0 atom stereocenters. The fraction of sp³-hybridized carbons (Fsp3) is 0.900. The molecule has 0 amide bonds. The van der Waals surface area contributed by atoms with E-state index in [2.05, 4.69) is 44.4 Å². The summed E-state index contributed by atoms with van der Waals surface area (Å²) in [5.74, 6) is 0.885. The predicted molar refractivity (Wildman–Crippen MR) is 60.0 cm³/mol. The van der Waals surface area contributed by atoms with E-state index in [1.807, 2.05) is 0 Å². The molecule has 0 spiro atoms. The van der Waals surface area contributed by atoms with Crippen LogP contribution in [0.5, 0.6) is 0 Å². The van der Waals surface area contributed by atoms with Gasteiger partial charge in [-0.05, 0) is 17.7 Å². The Morgan fingerprint density at radius 1 is 1.46 bits per heavy atom. The van der Waals surface area contributed by atoms with Crippen LogP contribution in [0, 0.1) is 16.7 Å². The fourth-order valence-electron chi connectivity index (χ4n) is 1.21. The molecule has 13 heavy (non-hydrogen) atoms. The van der Waals surface area contributed by atoms with Crippen molar-refractivity contribution in [3.63, 3.8) is 0 Å². The van der Waals surface area contributed by atoms with Gasteiger partial charge in [0.2, 0.25) is 0 Å². The molecule has 0 aromatic carbocycles. The molecule has 0 aliphatic heterocycles. The van der Waals surface area contributed by atoms with Gasteiger partial charge in [0.1, 0.15) is 0 Å². The van der Waals surface area contributed by atoms with E-state index in [4.69, 9.17) is 5.26 Å². The average Bonchev–Trinajstić information content (AvgIpc) is 2.12. The average molecular weight is 200 g/mol. The maximum Gasteiger partial charge on any atom is 0.0635 e. The molecule has 0 saturated heterocycles. The van der Waals surface area contributed by atoms with Crippen molar-refractivity contribution in [1.29, 1.82) is 5.26 Å². The molecule has 0 aliphatic rings. The van der Waals surface area contributed by atoms with Crippen molar-refractivity contribution in [1.82, 2.24) is 4.90 Å². The molecule has 0 aromatic heterocycles. The van der Waals surface area contributed by atoms with E-state index < -0.39 is 0 Å². The van der Waals surface area contributed by atoms with Crippen LogP contribution in [-0.2, 0) is 0 Å². The normalized spacial score (nSPS) is 11.7. The third-order valence-corrected chi connectivity index (χ3v) is 2.92. The molecule has 0 saturated carbocycles. The van der Waals surface area contributed by atoms with Crippen LogP contribution >= 0.6 is 12.6 Å². The summed E-state index contributed by atoms with van der Waals surface area (Å²) in [7, 11) is 0. The first kappa shape index (κ1) is 12.8. The lowest BCUT2D eigenvalue weighted by molar-refractivity contribution is 0.206. The summed E-state index contributed by atoms with van der Waals surface area (Å²) in [6.07, 6.45) is 0.622. The third kappa shape index (κ3) is 5.95. The van der Waals surface area contributed by atoms with Crippen LogP contribution in [0.3, 0.4) is 0 Å². The number of rotatable bonds is 6. The van der Waals surface area contributed by atoms with E-state index in [1.165, 1.54) is 0 Å². The number of nitrogens with zero attached hydrogens (tertiary/aromatic N) is 2. The van der Waals surface area contributed by atoms with Gasteiger partial charge in [-0.15, -0.1) is 0 Å². The molecule has 3 heteroatoms. The number of hydrogen-bond donors (Lipinski definition) is 1. The van der Waals surface area contributed by atoms with Gasteiger partial charge in [0.25, 0.3) is 0 Å². The van der Waals surface area contributed by atoms with Gasteiger partial charge in [0.05, 0.1) is 6.07 Å². The first-order chi connectivity index (χ1) is 6.05. The summed E-state index contributed by atoms with van der Waals surface area (Å²) in [6, 6.07) is 2.18. The topological polar surface area (TPSA) is 27.0 Å². The Balaban J connectivity index is 3.91. The van der Waals surface area contributed by atoms with Crippen molar-refractivity contribution >= 4 is 12.6 Å². The molecule has 0 N–H and O–H groups in total. The molecule has 0 rings (SSSR count). The van der Waals surface area contributed by atoms with Crippen molar-refractivity contribution in [3.05, 3.63) is 0 Å². The smallest absolute Gasteiger partial charge is 0.0635 e. The highest BCUT2D eigenvalue weighted by molar-refractivity contribution is 7.80. The largest absolute Gasteiger partial charge is 0.302 e. The van der Waals surface area contributed by atoms with Crippen molar-refractivity contribution in [2.45, 2.75) is 27.2 Å². The Hall–Kier alpha value is -0.200. The Labute approximate surface area is 87.3 Å². The second-order valence-corrected chi connectivity index (χ2v) is 4.42. The van der Waals surface area contributed by atoms with Gasteiger partial charge in [0.15, 0.2) is 0 Å². The van der Waals surface area contributed by atoms with Gasteiger partial charge < -0.3 is 4.90 Å². The minimum atomic E-state index is 0.245. The maximum absolute atomic E-state index is 8.47. The summed E-state index contributed by atoms with van der Waals surface area (Å²) < 4.78 is 0. The number of thiol groups is 1. The van der Waals surface area contributed by atoms with Gasteiger partial charge in [-0.1, -0.05) is 20.8 Å². The van der Waals surface area contributed by atoms with E-state index >= 15 is 0 Å². The zero-order valence-electron chi connectivity index (χ0n) is 8.88. The van der Waals surface area contributed by atoms with E-state index in [-0.39, 0.29) is 5.41 Å². The Morgan fingerprint density at radius 2 is 2.08 bits per heavy atom. The standard InChI is InChI=1S/C10H20N2S/c1-4-12(7-5-6-11)8-10(2,3)9-13/h13H,4-5,7-9H2,1-3H3. The van der Waals surface area contributed by atoms with Gasteiger partial charge >= 0.3 is 0 Å². The highest BCUT2D eigenvalue weighted by Crippen LogP contribution is 2.18. The molecule has 0 aromatic rings. The van der Waals surface area contributed by atoms with Gasteiger partial charge in [-0.25, -0.2) is 0 Å². The quantitative estimate of drug-likeness (QED) is 0.665. The second kappa shape index (κ2) is 6.28. The highest BCUT2D eigenvalue weighted by atomic mass is 32.1. The van der Waals surface area contributed by atoms with Crippen LogP contribution in [0.15, 0.2) is 0 Å². The van der Waals surface area contributed by atoms with Crippen LogP contribution < -0.4 is 0 Å². The third-order valence-electron chi connectivity index (χ3n) is 2.07. The fourth-order valence-corrected chi connectivity index (χ4v) is 1.31. The van der Waals surface area contributed by atoms with Crippen molar-refractivity contribution in [2.75, 3.05) is 25.4 Å². The molecule has 2 nitrogen and oxygen atoms in total. The molecule has 0 fully saturated rings. The Kier molecular flexibility index (Phi) is 6.19. The summed E-state index contributed by atoms with van der Waals surface area (Å²) in [6.45, 7) is 9.45. The van der Waals surface area contributed by atoms with E-state index in [0.29, 0.717) is 6.42 Å². The molecule has 0 bridgehead atoms. The van der Waals surface area contributed by atoms with Crippen molar-refractivity contribution < 1.29 is 0 Å². The lowest BCUT2D eigenvalue weighted by atomic mass is 9.95. The maximum atomic E-state index is 8.47. The summed E-state index contributed by atoms with van der Waals surface area (Å²) in [4.78, 5) is 2.31. The summed E-state index contributed by atoms with van der Waals surface area (Å²) in [5, 5.41) is 8.47. The van der Waals surface area contributed by atoms with Gasteiger partial charge in [0, 0.05) is 19.5 Å². The zero-order chi connectivity index (χ0) is 10.3. The molecular weight excluding hydrogens is 180 g/mol. The molecule has 76 valence electrons. The summed E-state index contributed by atoms with van der Waals surface area (Å²) in [5.41, 5.74) is 0.245. The van der Waals surface area contributed by atoms with Gasteiger partial charge in [-0.2, -0.15) is 17.9 Å². The van der Waals surface area contributed by atoms with Crippen LogP contribution in [0.25, 0.3) is 0 Å². The number of nitriles is 1. The number of hydrogen-bond acceptors (Lipinski definition) is 3. The van der Waals surface area contributed by atoms with Gasteiger partial charge in [-0.3, -0.25) is 0 Å². The lowest BCUT2D eigenvalue weighted by Gasteiger charge is -2.30. The van der Waals surface area contributed by atoms with Crippen LogP contribution in [0.1, 0.15) is 27.2 Å². The zero-order valence-corrected chi connectivity index (χ0v) is 9.77. The predicted octanol–water partition coefficient (Wildman–Crippen LogP) is 2.18. The van der Waals surface area contributed by atoms with Crippen LogP contribution in [0.4, 0.5) is 0 Å². The first-order valence-corrected chi connectivity index (χ1v) is 5.39.